The number of amides is 1. The van der Waals surface area contributed by atoms with Crippen LogP contribution in [-0.4, -0.2) is 20.0 Å². The lowest BCUT2D eigenvalue weighted by Crippen LogP contribution is -2.27. The van der Waals surface area contributed by atoms with E-state index in [0.717, 1.165) is 10.6 Å². The first-order chi connectivity index (χ1) is 9.50. The summed E-state index contributed by atoms with van der Waals surface area (Å²) in [4.78, 5) is 14.9. The summed E-state index contributed by atoms with van der Waals surface area (Å²) in [5.41, 5.74) is 7.36. The summed E-state index contributed by atoms with van der Waals surface area (Å²) in [5, 5.41) is 5.31. The van der Waals surface area contributed by atoms with E-state index in [-0.39, 0.29) is 5.91 Å². The van der Waals surface area contributed by atoms with Gasteiger partial charge >= 0.3 is 0 Å². The zero-order chi connectivity index (χ0) is 14.7. The first kappa shape index (κ1) is 14.8. The molecule has 0 radical (unpaired) electrons. The Balaban J connectivity index is 2.22. The molecule has 1 heterocycles. The van der Waals surface area contributed by atoms with Crippen LogP contribution in [0.3, 0.4) is 0 Å². The van der Waals surface area contributed by atoms with Crippen molar-refractivity contribution < 1.29 is 4.79 Å². The lowest BCUT2D eigenvalue weighted by molar-refractivity contribution is -0.117. The number of anilines is 2. The molecule has 0 fully saturated rings. The molecule has 0 spiro atoms. The standard InChI is InChI=1S/C14H16ClN3OS/c1-18(2)13-9(15)5-3-6-10(13)17-14(19)12(16)11-7-4-8-20-11/h3-8,12H,16H2,1-2H3,(H,17,19). The lowest BCUT2D eigenvalue weighted by atomic mass is 10.2. The fraction of sp³-hybridized carbons (Fsp3) is 0.214. The number of nitrogens with one attached hydrogen (secondary N) is 1. The van der Waals surface area contributed by atoms with Crippen LogP contribution in [-0.2, 0) is 4.79 Å². The molecule has 0 saturated carbocycles. The predicted molar refractivity (Wildman–Crippen MR) is 85.7 cm³/mol. The summed E-state index contributed by atoms with van der Waals surface area (Å²) >= 11 is 7.63. The van der Waals surface area contributed by atoms with Crippen molar-refractivity contribution in [1.82, 2.24) is 0 Å². The number of thiophene rings is 1. The highest BCUT2D eigenvalue weighted by Crippen LogP contribution is 2.33. The van der Waals surface area contributed by atoms with Crippen molar-refractivity contribution in [2.24, 2.45) is 5.73 Å². The van der Waals surface area contributed by atoms with Gasteiger partial charge in [-0.25, -0.2) is 0 Å². The number of nitrogens with two attached hydrogens (primary N) is 1. The van der Waals surface area contributed by atoms with Gasteiger partial charge in [0.1, 0.15) is 6.04 Å². The van der Waals surface area contributed by atoms with Crippen molar-refractivity contribution in [2.75, 3.05) is 24.3 Å². The molecular formula is C14H16ClN3OS. The Morgan fingerprint density at radius 3 is 2.70 bits per heavy atom. The number of halogens is 1. The molecule has 1 unspecified atom stereocenters. The summed E-state index contributed by atoms with van der Waals surface area (Å²) in [5.74, 6) is -0.252. The van der Waals surface area contributed by atoms with E-state index in [1.165, 1.54) is 11.3 Å². The molecule has 3 N–H and O–H groups in total. The molecular weight excluding hydrogens is 294 g/mol. The molecule has 1 aromatic heterocycles. The molecule has 2 rings (SSSR count). The zero-order valence-corrected chi connectivity index (χ0v) is 12.8. The number of rotatable bonds is 4. The molecule has 0 saturated heterocycles. The van der Waals surface area contributed by atoms with Gasteiger partial charge in [0, 0.05) is 19.0 Å². The Labute approximate surface area is 127 Å². The van der Waals surface area contributed by atoms with Crippen LogP contribution in [0.15, 0.2) is 35.7 Å². The maximum Gasteiger partial charge on any atom is 0.246 e. The zero-order valence-electron chi connectivity index (χ0n) is 11.3. The van der Waals surface area contributed by atoms with E-state index in [1.807, 2.05) is 36.5 Å². The number of carbonyl (C=O) groups excluding carboxylic acids is 1. The first-order valence-corrected chi connectivity index (χ1v) is 7.32. The molecule has 0 bridgehead atoms. The van der Waals surface area contributed by atoms with Crippen molar-refractivity contribution in [3.8, 4) is 0 Å². The van der Waals surface area contributed by atoms with Crippen LogP contribution in [0.2, 0.25) is 5.02 Å². The van der Waals surface area contributed by atoms with Crippen molar-refractivity contribution in [3.05, 3.63) is 45.6 Å². The number of hydrogen-bond acceptors (Lipinski definition) is 4. The van der Waals surface area contributed by atoms with Gasteiger partial charge in [0.05, 0.1) is 16.4 Å². The number of hydrogen-bond donors (Lipinski definition) is 2. The quantitative estimate of drug-likeness (QED) is 0.912. The van der Waals surface area contributed by atoms with Crippen LogP contribution in [0.1, 0.15) is 10.9 Å². The summed E-state index contributed by atoms with van der Waals surface area (Å²) < 4.78 is 0. The Kier molecular flexibility index (Phi) is 4.65. The maximum atomic E-state index is 12.2. The molecule has 2 aromatic rings. The van der Waals surface area contributed by atoms with Gasteiger partial charge in [0.2, 0.25) is 5.91 Å². The molecule has 1 amide bonds. The smallest absolute Gasteiger partial charge is 0.246 e. The van der Waals surface area contributed by atoms with Crippen LogP contribution in [0, 0.1) is 0 Å². The average molecular weight is 310 g/mol. The van der Waals surface area contributed by atoms with Gasteiger partial charge in [-0.3, -0.25) is 4.79 Å². The van der Waals surface area contributed by atoms with E-state index in [9.17, 15) is 4.79 Å². The fourth-order valence-electron chi connectivity index (χ4n) is 1.88. The Morgan fingerprint density at radius 2 is 2.10 bits per heavy atom. The van der Waals surface area contributed by atoms with Gasteiger partial charge < -0.3 is 16.0 Å². The van der Waals surface area contributed by atoms with E-state index in [2.05, 4.69) is 5.32 Å². The van der Waals surface area contributed by atoms with Crippen molar-refractivity contribution in [2.45, 2.75) is 6.04 Å². The molecule has 6 heteroatoms. The largest absolute Gasteiger partial charge is 0.375 e. The van der Waals surface area contributed by atoms with Crippen molar-refractivity contribution in [1.29, 1.82) is 0 Å². The lowest BCUT2D eigenvalue weighted by Gasteiger charge is -2.20. The van der Waals surface area contributed by atoms with Crippen molar-refractivity contribution in [3.63, 3.8) is 0 Å². The number of para-hydroxylation sites is 1. The molecule has 1 aromatic carbocycles. The number of nitrogens with zero attached hydrogens (tertiary/aromatic N) is 1. The minimum Gasteiger partial charge on any atom is -0.375 e. The molecule has 1 atom stereocenters. The topological polar surface area (TPSA) is 58.4 Å². The third kappa shape index (κ3) is 3.12. The summed E-state index contributed by atoms with van der Waals surface area (Å²) in [7, 11) is 3.74. The third-order valence-corrected chi connectivity index (χ3v) is 4.08. The highest BCUT2D eigenvalue weighted by molar-refractivity contribution is 7.10. The average Bonchev–Trinajstić information content (AvgIpc) is 2.91. The molecule has 0 aliphatic rings. The van der Waals surface area contributed by atoms with Crippen molar-refractivity contribution >= 4 is 40.2 Å². The van der Waals surface area contributed by atoms with E-state index in [0.29, 0.717) is 10.7 Å². The second-order valence-electron chi connectivity index (χ2n) is 4.51. The van der Waals surface area contributed by atoms with E-state index < -0.39 is 6.04 Å². The van der Waals surface area contributed by atoms with Crippen LogP contribution in [0.4, 0.5) is 11.4 Å². The Morgan fingerprint density at radius 1 is 1.35 bits per heavy atom. The molecule has 106 valence electrons. The van der Waals surface area contributed by atoms with Crippen LogP contribution in [0.5, 0.6) is 0 Å². The molecule has 0 aliphatic heterocycles. The van der Waals surface area contributed by atoms with Crippen LogP contribution >= 0.6 is 22.9 Å². The predicted octanol–water partition coefficient (Wildman–Crippen LogP) is 3.11. The first-order valence-electron chi connectivity index (χ1n) is 6.06. The minimum absolute atomic E-state index is 0.252. The summed E-state index contributed by atoms with van der Waals surface area (Å²) in [6, 6.07) is 8.43. The monoisotopic (exact) mass is 309 g/mol. The van der Waals surface area contributed by atoms with Gasteiger partial charge in [0.15, 0.2) is 0 Å². The van der Waals surface area contributed by atoms with Crippen LogP contribution in [0.25, 0.3) is 0 Å². The molecule has 20 heavy (non-hydrogen) atoms. The Hall–Kier alpha value is -1.56. The normalized spacial score (nSPS) is 12.0. The third-order valence-electron chi connectivity index (χ3n) is 2.82. The van der Waals surface area contributed by atoms with E-state index >= 15 is 0 Å². The highest BCUT2D eigenvalue weighted by Gasteiger charge is 2.19. The van der Waals surface area contributed by atoms with Gasteiger partial charge in [-0.15, -0.1) is 11.3 Å². The highest BCUT2D eigenvalue weighted by atomic mass is 35.5. The second kappa shape index (κ2) is 6.26. The Bertz CT molecular complexity index is 598. The van der Waals surface area contributed by atoms with Crippen LogP contribution < -0.4 is 16.0 Å². The van der Waals surface area contributed by atoms with Gasteiger partial charge in [-0.1, -0.05) is 23.7 Å². The SMILES string of the molecule is CN(C)c1c(Cl)cccc1NC(=O)C(N)c1cccs1. The summed E-state index contributed by atoms with van der Waals surface area (Å²) in [6.45, 7) is 0. The van der Waals surface area contributed by atoms with Gasteiger partial charge in [0.25, 0.3) is 0 Å². The minimum atomic E-state index is -0.677. The van der Waals surface area contributed by atoms with E-state index in [1.54, 1.807) is 18.2 Å². The number of carbonyl (C=O) groups is 1. The number of benzene rings is 1. The van der Waals surface area contributed by atoms with Gasteiger partial charge in [-0.2, -0.15) is 0 Å². The molecule has 4 nitrogen and oxygen atoms in total. The molecule has 0 aliphatic carbocycles. The fourth-order valence-corrected chi connectivity index (χ4v) is 2.95. The van der Waals surface area contributed by atoms with E-state index in [4.69, 9.17) is 17.3 Å². The van der Waals surface area contributed by atoms with Gasteiger partial charge in [-0.05, 0) is 23.6 Å². The summed E-state index contributed by atoms with van der Waals surface area (Å²) in [6.07, 6.45) is 0. The maximum absolute atomic E-state index is 12.2. The second-order valence-corrected chi connectivity index (χ2v) is 5.90.